The topological polar surface area (TPSA) is 66.0 Å². The van der Waals surface area contributed by atoms with Crippen molar-refractivity contribution in [3.63, 3.8) is 0 Å². The maximum Gasteiger partial charge on any atom is 0.163 e. The largest absolute Gasteiger partial charge is 0.490 e. The third-order valence-corrected chi connectivity index (χ3v) is 3.89. The van der Waals surface area contributed by atoms with Crippen LogP contribution in [0.1, 0.15) is 13.3 Å². The second-order valence-corrected chi connectivity index (χ2v) is 5.64. The number of benzene rings is 1. The molecular formula is C17H19ClN4O. The fraction of sp³-hybridized carbons (Fsp3) is 0.294. The van der Waals surface area contributed by atoms with Gasteiger partial charge in [-0.25, -0.2) is 9.97 Å². The van der Waals surface area contributed by atoms with Crippen LogP contribution in [0.2, 0.25) is 5.02 Å². The van der Waals surface area contributed by atoms with Crippen molar-refractivity contribution in [3.8, 4) is 17.0 Å². The molecule has 120 valence electrons. The van der Waals surface area contributed by atoms with Gasteiger partial charge < -0.3 is 15.0 Å². The molecule has 0 aliphatic carbocycles. The van der Waals surface area contributed by atoms with Gasteiger partial charge >= 0.3 is 0 Å². The SMILES string of the molecule is CCn1cnc2c(-c3cccc(Cl)c3)ncc(OCCCN)c21. The lowest BCUT2D eigenvalue weighted by atomic mass is 10.1. The van der Waals surface area contributed by atoms with Crippen LogP contribution in [0.3, 0.4) is 0 Å². The first kappa shape index (κ1) is 15.8. The summed E-state index contributed by atoms with van der Waals surface area (Å²) in [6, 6.07) is 7.63. The van der Waals surface area contributed by atoms with Gasteiger partial charge in [-0.3, -0.25) is 0 Å². The molecule has 3 aromatic rings. The Morgan fingerprint density at radius 3 is 2.91 bits per heavy atom. The summed E-state index contributed by atoms with van der Waals surface area (Å²) in [5, 5.41) is 0.677. The van der Waals surface area contributed by atoms with Gasteiger partial charge in [-0.2, -0.15) is 0 Å². The Morgan fingerprint density at radius 1 is 1.30 bits per heavy atom. The molecule has 3 rings (SSSR count). The number of halogens is 1. The van der Waals surface area contributed by atoms with Gasteiger partial charge in [-0.15, -0.1) is 0 Å². The van der Waals surface area contributed by atoms with E-state index in [1.54, 1.807) is 6.20 Å². The van der Waals surface area contributed by atoms with Gasteiger partial charge in [0.05, 0.1) is 24.8 Å². The number of ether oxygens (including phenoxy) is 1. The molecule has 6 heteroatoms. The highest BCUT2D eigenvalue weighted by Crippen LogP contribution is 2.32. The highest BCUT2D eigenvalue weighted by atomic mass is 35.5. The smallest absolute Gasteiger partial charge is 0.163 e. The predicted molar refractivity (Wildman–Crippen MR) is 92.8 cm³/mol. The monoisotopic (exact) mass is 330 g/mol. The van der Waals surface area contributed by atoms with Crippen molar-refractivity contribution in [1.82, 2.24) is 14.5 Å². The second kappa shape index (κ2) is 6.98. The molecular weight excluding hydrogens is 312 g/mol. The quantitative estimate of drug-likeness (QED) is 0.702. The van der Waals surface area contributed by atoms with Crippen molar-refractivity contribution < 1.29 is 4.74 Å². The summed E-state index contributed by atoms with van der Waals surface area (Å²) in [7, 11) is 0. The molecule has 0 radical (unpaired) electrons. The first-order valence-corrected chi connectivity index (χ1v) is 8.05. The number of hydrogen-bond acceptors (Lipinski definition) is 4. The fourth-order valence-corrected chi connectivity index (χ4v) is 2.71. The summed E-state index contributed by atoms with van der Waals surface area (Å²) < 4.78 is 7.90. The van der Waals surface area contributed by atoms with Gasteiger partial charge in [0.25, 0.3) is 0 Å². The standard InChI is InChI=1S/C17H19ClN4O/c1-2-22-11-21-16-15(12-5-3-6-13(18)9-12)20-10-14(17(16)22)23-8-4-7-19/h3,5-6,9-11H,2,4,7-8,19H2,1H3. The minimum atomic E-state index is 0.568. The summed E-state index contributed by atoms with van der Waals surface area (Å²) in [4.78, 5) is 9.09. The van der Waals surface area contributed by atoms with E-state index in [9.17, 15) is 0 Å². The fourth-order valence-electron chi connectivity index (χ4n) is 2.52. The first-order chi connectivity index (χ1) is 11.2. The van der Waals surface area contributed by atoms with Crippen molar-refractivity contribution in [1.29, 1.82) is 0 Å². The average Bonchev–Trinajstić information content (AvgIpc) is 2.99. The van der Waals surface area contributed by atoms with Crippen molar-refractivity contribution in [2.75, 3.05) is 13.2 Å². The maximum atomic E-state index is 6.10. The van der Waals surface area contributed by atoms with Crippen LogP contribution in [0.15, 0.2) is 36.8 Å². The van der Waals surface area contributed by atoms with Gasteiger partial charge in [0.1, 0.15) is 11.0 Å². The molecule has 2 heterocycles. The molecule has 0 spiro atoms. The van der Waals surface area contributed by atoms with Crippen molar-refractivity contribution in [3.05, 3.63) is 41.8 Å². The molecule has 0 amide bonds. The van der Waals surface area contributed by atoms with Gasteiger partial charge in [0.2, 0.25) is 0 Å². The van der Waals surface area contributed by atoms with E-state index in [4.69, 9.17) is 22.1 Å². The Morgan fingerprint density at radius 2 is 2.17 bits per heavy atom. The minimum Gasteiger partial charge on any atom is -0.490 e. The number of aryl methyl sites for hydroxylation is 1. The Balaban J connectivity index is 2.11. The van der Waals surface area contributed by atoms with Gasteiger partial charge in [-0.05, 0) is 32.0 Å². The maximum absolute atomic E-state index is 6.10. The van der Waals surface area contributed by atoms with Crippen LogP contribution >= 0.6 is 11.6 Å². The lowest BCUT2D eigenvalue weighted by molar-refractivity contribution is 0.314. The lowest BCUT2D eigenvalue weighted by Crippen LogP contribution is -2.07. The Kier molecular flexibility index (Phi) is 4.79. The minimum absolute atomic E-state index is 0.568. The van der Waals surface area contributed by atoms with Crippen LogP contribution in [0, 0.1) is 0 Å². The number of pyridine rings is 1. The summed E-state index contributed by atoms with van der Waals surface area (Å²) in [6.45, 7) is 4.05. The van der Waals surface area contributed by atoms with Crippen LogP contribution in [0.5, 0.6) is 5.75 Å². The first-order valence-electron chi connectivity index (χ1n) is 7.67. The van der Waals surface area contributed by atoms with Crippen molar-refractivity contribution in [2.45, 2.75) is 19.9 Å². The second-order valence-electron chi connectivity index (χ2n) is 5.20. The molecule has 0 aliphatic heterocycles. The molecule has 0 unspecified atom stereocenters. The molecule has 0 aliphatic rings. The molecule has 23 heavy (non-hydrogen) atoms. The molecule has 0 saturated carbocycles. The molecule has 5 nitrogen and oxygen atoms in total. The van der Waals surface area contributed by atoms with Crippen LogP contribution in [-0.2, 0) is 6.54 Å². The summed E-state index contributed by atoms with van der Waals surface area (Å²) in [5.41, 5.74) is 9.05. The van der Waals surface area contributed by atoms with E-state index in [2.05, 4.69) is 21.5 Å². The van der Waals surface area contributed by atoms with Gasteiger partial charge in [0, 0.05) is 17.1 Å². The molecule has 0 saturated heterocycles. The third-order valence-electron chi connectivity index (χ3n) is 3.65. The number of rotatable bonds is 6. The molecule has 0 atom stereocenters. The van der Waals surface area contributed by atoms with Crippen LogP contribution in [0.4, 0.5) is 0 Å². The van der Waals surface area contributed by atoms with E-state index in [0.717, 1.165) is 41.0 Å². The number of aromatic nitrogens is 3. The third kappa shape index (κ3) is 3.16. The Labute approximate surface area is 140 Å². The lowest BCUT2D eigenvalue weighted by Gasteiger charge is -2.11. The van der Waals surface area contributed by atoms with Crippen molar-refractivity contribution >= 4 is 22.6 Å². The molecule has 0 bridgehead atoms. The molecule has 1 aromatic carbocycles. The number of fused-ring (bicyclic) bond motifs is 1. The van der Waals surface area contributed by atoms with Gasteiger partial charge in [-0.1, -0.05) is 23.7 Å². The highest BCUT2D eigenvalue weighted by Gasteiger charge is 2.15. The van der Waals surface area contributed by atoms with Crippen molar-refractivity contribution in [2.24, 2.45) is 5.73 Å². The zero-order valence-corrected chi connectivity index (χ0v) is 13.8. The number of imidazole rings is 1. The predicted octanol–water partition coefficient (Wildman–Crippen LogP) is 3.50. The van der Waals surface area contributed by atoms with E-state index in [1.807, 2.05) is 30.6 Å². The molecule has 0 fully saturated rings. The van der Waals surface area contributed by atoms with Crippen LogP contribution in [0.25, 0.3) is 22.3 Å². The average molecular weight is 331 g/mol. The zero-order valence-electron chi connectivity index (χ0n) is 13.0. The summed E-state index contributed by atoms with van der Waals surface area (Å²) in [6.07, 6.45) is 4.37. The highest BCUT2D eigenvalue weighted by molar-refractivity contribution is 6.30. The Bertz CT molecular complexity index is 815. The number of nitrogens with two attached hydrogens (primary N) is 1. The summed E-state index contributed by atoms with van der Waals surface area (Å²) in [5.74, 6) is 0.735. The van der Waals surface area contributed by atoms with E-state index < -0.39 is 0 Å². The van der Waals surface area contributed by atoms with Crippen LogP contribution in [-0.4, -0.2) is 27.7 Å². The summed E-state index contributed by atoms with van der Waals surface area (Å²) >= 11 is 6.10. The zero-order chi connectivity index (χ0) is 16.2. The van der Waals surface area contributed by atoms with E-state index >= 15 is 0 Å². The molecule has 2 aromatic heterocycles. The van der Waals surface area contributed by atoms with E-state index in [-0.39, 0.29) is 0 Å². The van der Waals surface area contributed by atoms with E-state index in [0.29, 0.717) is 18.2 Å². The van der Waals surface area contributed by atoms with Gasteiger partial charge in [0.15, 0.2) is 5.75 Å². The normalized spacial score (nSPS) is 11.1. The number of nitrogens with zero attached hydrogens (tertiary/aromatic N) is 3. The number of hydrogen-bond donors (Lipinski definition) is 1. The molecule has 2 N–H and O–H groups in total. The Hall–Kier alpha value is -2.11. The van der Waals surface area contributed by atoms with Crippen LogP contribution < -0.4 is 10.5 Å². The van der Waals surface area contributed by atoms with E-state index in [1.165, 1.54) is 0 Å².